The van der Waals surface area contributed by atoms with Crippen LogP contribution >= 0.6 is 0 Å². The van der Waals surface area contributed by atoms with Crippen LogP contribution in [0.5, 0.6) is 0 Å². The Bertz CT molecular complexity index is 271. The number of ether oxygens (including phenoxy) is 2. The topological polar surface area (TPSA) is 35.5 Å². The van der Waals surface area contributed by atoms with Crippen LogP contribution in [0.2, 0.25) is 0 Å². The van der Waals surface area contributed by atoms with Gasteiger partial charge in [0.1, 0.15) is 0 Å². The minimum absolute atomic E-state index is 0.688. The van der Waals surface area contributed by atoms with Crippen LogP contribution in [0.3, 0.4) is 0 Å². The Balaban J connectivity index is 3.78. The standard InChI is InChI=1S/C14H24O3/c1-5-6-7-8-9-10-11-12-14(2,3)17-13(15)16-4/h5-10H2,1-4H3. The predicted molar refractivity (Wildman–Crippen MR) is 68.7 cm³/mol. The summed E-state index contributed by atoms with van der Waals surface area (Å²) in [6, 6.07) is 0. The van der Waals surface area contributed by atoms with Gasteiger partial charge in [0.25, 0.3) is 0 Å². The number of hydrogen-bond donors (Lipinski definition) is 0. The Hall–Kier alpha value is -1.17. The third-order valence-electron chi connectivity index (χ3n) is 2.30. The molecule has 0 spiro atoms. The van der Waals surface area contributed by atoms with Gasteiger partial charge in [0.05, 0.1) is 7.11 Å². The van der Waals surface area contributed by atoms with Crippen LogP contribution < -0.4 is 0 Å². The fourth-order valence-electron chi connectivity index (χ4n) is 1.37. The first-order valence-corrected chi connectivity index (χ1v) is 6.29. The first-order chi connectivity index (χ1) is 8.02. The Morgan fingerprint density at radius 1 is 1.18 bits per heavy atom. The van der Waals surface area contributed by atoms with Gasteiger partial charge >= 0.3 is 6.16 Å². The lowest BCUT2D eigenvalue weighted by atomic mass is 10.1. The highest BCUT2D eigenvalue weighted by molar-refractivity contribution is 5.60. The van der Waals surface area contributed by atoms with Gasteiger partial charge in [0.15, 0.2) is 5.60 Å². The third kappa shape index (κ3) is 9.74. The molecule has 17 heavy (non-hydrogen) atoms. The monoisotopic (exact) mass is 240 g/mol. The summed E-state index contributed by atoms with van der Waals surface area (Å²) < 4.78 is 9.43. The van der Waals surface area contributed by atoms with E-state index >= 15 is 0 Å². The highest BCUT2D eigenvalue weighted by atomic mass is 16.7. The molecule has 0 N–H and O–H groups in total. The molecule has 0 aliphatic carbocycles. The van der Waals surface area contributed by atoms with Gasteiger partial charge in [-0.3, -0.25) is 0 Å². The van der Waals surface area contributed by atoms with E-state index in [4.69, 9.17) is 4.74 Å². The van der Waals surface area contributed by atoms with Crippen LogP contribution in [-0.4, -0.2) is 18.9 Å². The van der Waals surface area contributed by atoms with Gasteiger partial charge in [0, 0.05) is 6.42 Å². The lowest BCUT2D eigenvalue weighted by Crippen LogP contribution is -2.26. The average molecular weight is 240 g/mol. The largest absolute Gasteiger partial charge is 0.509 e. The van der Waals surface area contributed by atoms with E-state index in [1.165, 1.54) is 32.8 Å². The van der Waals surface area contributed by atoms with E-state index < -0.39 is 11.8 Å². The van der Waals surface area contributed by atoms with Gasteiger partial charge in [-0.05, 0) is 20.3 Å². The van der Waals surface area contributed by atoms with Crippen molar-refractivity contribution in [2.75, 3.05) is 7.11 Å². The Labute approximate surface area is 105 Å². The summed E-state index contributed by atoms with van der Waals surface area (Å²) in [4.78, 5) is 10.9. The van der Waals surface area contributed by atoms with Crippen LogP contribution in [0, 0.1) is 11.8 Å². The number of unbranched alkanes of at least 4 members (excludes halogenated alkanes) is 5. The van der Waals surface area contributed by atoms with Crippen molar-refractivity contribution in [3.8, 4) is 11.8 Å². The van der Waals surface area contributed by atoms with Crippen molar-refractivity contribution in [1.29, 1.82) is 0 Å². The second kappa shape index (κ2) is 8.92. The Kier molecular flexibility index (Phi) is 8.31. The minimum atomic E-state index is -0.767. The lowest BCUT2D eigenvalue weighted by Gasteiger charge is -2.17. The molecule has 0 atom stereocenters. The zero-order valence-electron chi connectivity index (χ0n) is 11.5. The van der Waals surface area contributed by atoms with E-state index in [9.17, 15) is 4.79 Å². The summed E-state index contributed by atoms with van der Waals surface area (Å²) in [5, 5.41) is 0. The van der Waals surface area contributed by atoms with Gasteiger partial charge < -0.3 is 9.47 Å². The normalized spacial score (nSPS) is 10.4. The minimum Gasteiger partial charge on any atom is -0.438 e. The maximum absolute atomic E-state index is 10.9. The number of methoxy groups -OCH3 is 1. The summed E-state index contributed by atoms with van der Waals surface area (Å²) in [5.74, 6) is 5.99. The van der Waals surface area contributed by atoms with Gasteiger partial charge in [-0.1, -0.05) is 44.4 Å². The molecule has 98 valence electrons. The number of rotatable bonds is 6. The fraction of sp³-hybridized carbons (Fsp3) is 0.786. The molecular weight excluding hydrogens is 216 g/mol. The quantitative estimate of drug-likeness (QED) is 0.401. The molecule has 0 rings (SSSR count). The highest BCUT2D eigenvalue weighted by Gasteiger charge is 2.19. The molecule has 0 fully saturated rings. The van der Waals surface area contributed by atoms with Gasteiger partial charge in [-0.2, -0.15) is 0 Å². The molecule has 3 nitrogen and oxygen atoms in total. The van der Waals surface area contributed by atoms with E-state index in [2.05, 4.69) is 23.5 Å². The van der Waals surface area contributed by atoms with Crippen molar-refractivity contribution < 1.29 is 14.3 Å². The van der Waals surface area contributed by atoms with Gasteiger partial charge in [0.2, 0.25) is 0 Å². The second-order valence-corrected chi connectivity index (χ2v) is 4.53. The zero-order valence-corrected chi connectivity index (χ0v) is 11.5. The first-order valence-electron chi connectivity index (χ1n) is 6.29. The molecule has 0 amide bonds. The molecule has 0 aliphatic heterocycles. The number of hydrogen-bond acceptors (Lipinski definition) is 3. The average Bonchev–Trinajstić information content (AvgIpc) is 2.27. The Morgan fingerprint density at radius 3 is 2.41 bits per heavy atom. The molecule has 0 saturated heterocycles. The molecule has 0 bridgehead atoms. The molecule has 0 unspecified atom stereocenters. The summed E-state index contributed by atoms with van der Waals surface area (Å²) >= 11 is 0. The molecule has 0 radical (unpaired) electrons. The first kappa shape index (κ1) is 15.8. The van der Waals surface area contributed by atoms with Crippen molar-refractivity contribution in [2.24, 2.45) is 0 Å². The number of carbonyl (C=O) groups is 1. The van der Waals surface area contributed by atoms with Crippen molar-refractivity contribution in [3.63, 3.8) is 0 Å². The molecule has 3 heteroatoms. The summed E-state index contributed by atoms with van der Waals surface area (Å²) in [6.07, 6.45) is 6.34. The summed E-state index contributed by atoms with van der Waals surface area (Å²) in [5.41, 5.74) is -0.767. The highest BCUT2D eigenvalue weighted by Crippen LogP contribution is 2.09. The van der Waals surface area contributed by atoms with E-state index in [0.29, 0.717) is 0 Å². The lowest BCUT2D eigenvalue weighted by molar-refractivity contribution is 0.0221. The molecule has 0 aromatic carbocycles. The van der Waals surface area contributed by atoms with E-state index in [0.717, 1.165) is 12.8 Å². The van der Waals surface area contributed by atoms with Crippen LogP contribution in [-0.2, 0) is 9.47 Å². The molecule has 0 saturated carbocycles. The maximum Gasteiger partial charge on any atom is 0.509 e. The van der Waals surface area contributed by atoms with Crippen LogP contribution in [0.15, 0.2) is 0 Å². The van der Waals surface area contributed by atoms with Crippen molar-refractivity contribution in [2.45, 2.75) is 64.9 Å². The third-order valence-corrected chi connectivity index (χ3v) is 2.30. The molecule has 0 aliphatic rings. The smallest absolute Gasteiger partial charge is 0.438 e. The van der Waals surface area contributed by atoms with E-state index in [1.807, 2.05) is 0 Å². The SMILES string of the molecule is CCCCCCCC#CC(C)(C)OC(=O)OC. The zero-order chi connectivity index (χ0) is 13.1. The molecular formula is C14H24O3. The van der Waals surface area contributed by atoms with Gasteiger partial charge in [-0.15, -0.1) is 0 Å². The van der Waals surface area contributed by atoms with Gasteiger partial charge in [-0.25, -0.2) is 4.79 Å². The van der Waals surface area contributed by atoms with E-state index in [1.54, 1.807) is 13.8 Å². The predicted octanol–water partition coefficient (Wildman–Crippen LogP) is 3.91. The van der Waals surface area contributed by atoms with E-state index in [-0.39, 0.29) is 0 Å². The molecule has 0 aromatic rings. The van der Waals surface area contributed by atoms with Crippen LogP contribution in [0.1, 0.15) is 59.3 Å². The van der Waals surface area contributed by atoms with Crippen molar-refractivity contribution in [3.05, 3.63) is 0 Å². The summed E-state index contributed by atoms with van der Waals surface area (Å²) in [6.45, 7) is 5.72. The van der Waals surface area contributed by atoms with Crippen LogP contribution in [0.25, 0.3) is 0 Å². The Morgan fingerprint density at radius 2 is 1.82 bits per heavy atom. The molecule has 0 heterocycles. The molecule has 0 aromatic heterocycles. The van der Waals surface area contributed by atoms with Crippen molar-refractivity contribution in [1.82, 2.24) is 0 Å². The second-order valence-electron chi connectivity index (χ2n) is 4.53. The fourth-order valence-corrected chi connectivity index (χ4v) is 1.37. The number of carbonyl (C=O) groups excluding carboxylic acids is 1. The maximum atomic E-state index is 10.9. The van der Waals surface area contributed by atoms with Crippen LogP contribution in [0.4, 0.5) is 4.79 Å². The summed E-state index contributed by atoms with van der Waals surface area (Å²) in [7, 11) is 1.29. The van der Waals surface area contributed by atoms with Crippen molar-refractivity contribution >= 4 is 6.16 Å².